The number of piperidine rings is 1. The number of hydrogen-bond acceptors (Lipinski definition) is 4. The number of carboxylic acids is 1. The van der Waals surface area contributed by atoms with E-state index in [9.17, 15) is 14.4 Å². The Morgan fingerprint density at radius 3 is 2.63 bits per heavy atom. The number of hydrogen-bond donors (Lipinski definition) is 1. The van der Waals surface area contributed by atoms with Crippen LogP contribution in [0.4, 0.5) is 0 Å². The third kappa shape index (κ3) is 4.83. The highest BCUT2D eigenvalue weighted by molar-refractivity contribution is 7.99. The molecule has 1 aromatic rings. The predicted molar refractivity (Wildman–Crippen MR) is 105 cm³/mol. The number of carboxylic acid groups (broad SMARTS) is 1. The molecule has 2 fully saturated rings. The molecule has 0 saturated carbocycles. The number of aryl methyl sites for hydroxylation is 1. The third-order valence-corrected chi connectivity index (χ3v) is 6.37. The molecule has 0 bridgehead atoms. The number of amides is 2. The van der Waals surface area contributed by atoms with Gasteiger partial charge in [-0.2, -0.15) is 11.8 Å². The highest BCUT2D eigenvalue weighted by atomic mass is 32.2. The quantitative estimate of drug-likeness (QED) is 0.853. The van der Waals surface area contributed by atoms with Crippen molar-refractivity contribution in [2.75, 3.05) is 31.1 Å². The SMILES string of the molecule is Cc1ccc(C(=O)N2CCCC(C(=O)N3CCSCC3CC(=O)O)C2)cc1. The van der Waals surface area contributed by atoms with Gasteiger partial charge in [0.2, 0.25) is 5.91 Å². The molecule has 3 rings (SSSR count). The van der Waals surface area contributed by atoms with Crippen molar-refractivity contribution in [2.45, 2.75) is 32.2 Å². The van der Waals surface area contributed by atoms with E-state index in [2.05, 4.69) is 0 Å². The molecule has 2 aliphatic rings. The standard InChI is InChI=1S/C20H26N2O4S/c1-14-4-6-15(7-5-14)19(25)21-8-2-3-16(12-21)20(26)22-9-10-27-13-17(22)11-18(23)24/h4-7,16-17H,2-3,8-13H2,1H3,(H,23,24). The van der Waals surface area contributed by atoms with E-state index in [1.54, 1.807) is 21.6 Å². The molecule has 0 radical (unpaired) electrons. The number of likely N-dealkylation sites (tertiary alicyclic amines) is 1. The number of carbonyl (C=O) groups excluding carboxylic acids is 2. The summed E-state index contributed by atoms with van der Waals surface area (Å²) in [5.41, 5.74) is 1.75. The second kappa shape index (κ2) is 8.78. The van der Waals surface area contributed by atoms with Crippen molar-refractivity contribution in [3.05, 3.63) is 35.4 Å². The van der Waals surface area contributed by atoms with Gasteiger partial charge in [-0.1, -0.05) is 17.7 Å². The average Bonchev–Trinajstić information content (AvgIpc) is 2.67. The van der Waals surface area contributed by atoms with Gasteiger partial charge in [0.25, 0.3) is 5.91 Å². The monoisotopic (exact) mass is 390 g/mol. The number of rotatable bonds is 4. The summed E-state index contributed by atoms with van der Waals surface area (Å²) in [6.45, 7) is 3.64. The molecule has 2 saturated heterocycles. The summed E-state index contributed by atoms with van der Waals surface area (Å²) in [5, 5.41) is 9.14. The van der Waals surface area contributed by atoms with Gasteiger partial charge in [-0.05, 0) is 31.9 Å². The Balaban J connectivity index is 1.67. The zero-order valence-corrected chi connectivity index (χ0v) is 16.4. The van der Waals surface area contributed by atoms with Crippen molar-refractivity contribution in [1.29, 1.82) is 0 Å². The lowest BCUT2D eigenvalue weighted by Gasteiger charge is -2.39. The summed E-state index contributed by atoms with van der Waals surface area (Å²) in [6.07, 6.45) is 1.53. The fourth-order valence-electron chi connectivity index (χ4n) is 3.79. The van der Waals surface area contributed by atoms with E-state index in [0.717, 1.165) is 24.2 Å². The first kappa shape index (κ1) is 19.7. The smallest absolute Gasteiger partial charge is 0.305 e. The van der Waals surface area contributed by atoms with Gasteiger partial charge in [0, 0.05) is 36.7 Å². The molecule has 146 valence electrons. The maximum atomic E-state index is 13.1. The van der Waals surface area contributed by atoms with Gasteiger partial charge < -0.3 is 14.9 Å². The molecule has 0 spiro atoms. The Labute approximate surface area is 163 Å². The first-order chi connectivity index (χ1) is 13.0. The first-order valence-corrected chi connectivity index (χ1v) is 10.6. The van der Waals surface area contributed by atoms with Crippen molar-refractivity contribution in [2.24, 2.45) is 5.92 Å². The fourth-order valence-corrected chi connectivity index (χ4v) is 4.85. The molecule has 2 unspecified atom stereocenters. The lowest BCUT2D eigenvalue weighted by molar-refractivity contribution is -0.142. The Bertz CT molecular complexity index is 706. The Morgan fingerprint density at radius 2 is 1.93 bits per heavy atom. The molecule has 6 nitrogen and oxygen atoms in total. The van der Waals surface area contributed by atoms with E-state index in [4.69, 9.17) is 5.11 Å². The molecule has 7 heteroatoms. The molecule has 0 aromatic heterocycles. The van der Waals surface area contributed by atoms with Crippen molar-refractivity contribution in [3.63, 3.8) is 0 Å². The maximum Gasteiger partial charge on any atom is 0.305 e. The average molecular weight is 391 g/mol. The van der Waals surface area contributed by atoms with E-state index < -0.39 is 5.97 Å². The minimum Gasteiger partial charge on any atom is -0.481 e. The van der Waals surface area contributed by atoms with Crippen LogP contribution in [0.25, 0.3) is 0 Å². The summed E-state index contributed by atoms with van der Waals surface area (Å²) in [5.74, 6) is 0.344. The molecule has 27 heavy (non-hydrogen) atoms. The summed E-state index contributed by atoms with van der Waals surface area (Å²) in [7, 11) is 0. The lowest BCUT2D eigenvalue weighted by Crippen LogP contribution is -2.52. The summed E-state index contributed by atoms with van der Waals surface area (Å²) < 4.78 is 0. The van der Waals surface area contributed by atoms with Gasteiger partial charge in [-0.15, -0.1) is 0 Å². The Kier molecular flexibility index (Phi) is 6.42. The van der Waals surface area contributed by atoms with E-state index in [1.165, 1.54) is 0 Å². The number of carbonyl (C=O) groups is 3. The van der Waals surface area contributed by atoms with E-state index in [0.29, 0.717) is 31.0 Å². The van der Waals surface area contributed by atoms with Crippen molar-refractivity contribution >= 4 is 29.5 Å². The molecule has 0 aliphatic carbocycles. The maximum absolute atomic E-state index is 13.1. The summed E-state index contributed by atoms with van der Waals surface area (Å²) >= 11 is 1.69. The van der Waals surface area contributed by atoms with Crippen molar-refractivity contribution in [1.82, 2.24) is 9.80 Å². The van der Waals surface area contributed by atoms with Gasteiger partial charge >= 0.3 is 5.97 Å². The predicted octanol–water partition coefficient (Wildman–Crippen LogP) is 2.27. The molecular formula is C20H26N2O4S. The van der Waals surface area contributed by atoms with Crippen LogP contribution in [0.3, 0.4) is 0 Å². The van der Waals surface area contributed by atoms with Crippen LogP contribution in [0.5, 0.6) is 0 Å². The number of aliphatic carboxylic acids is 1. The van der Waals surface area contributed by atoms with Gasteiger partial charge in [0.1, 0.15) is 0 Å². The van der Waals surface area contributed by atoms with Gasteiger partial charge in [-0.25, -0.2) is 0 Å². The summed E-state index contributed by atoms with van der Waals surface area (Å²) in [6, 6.07) is 7.24. The lowest BCUT2D eigenvalue weighted by atomic mass is 9.95. The molecule has 1 N–H and O–H groups in total. The zero-order valence-electron chi connectivity index (χ0n) is 15.6. The molecule has 2 aliphatic heterocycles. The molecule has 2 amide bonds. The minimum atomic E-state index is -0.875. The zero-order chi connectivity index (χ0) is 19.4. The van der Waals surface area contributed by atoms with Crippen LogP contribution in [-0.2, 0) is 9.59 Å². The molecule has 2 atom stereocenters. The van der Waals surface area contributed by atoms with E-state index in [1.807, 2.05) is 31.2 Å². The molecular weight excluding hydrogens is 364 g/mol. The van der Waals surface area contributed by atoms with Gasteiger partial charge in [0.15, 0.2) is 0 Å². The molecule has 2 heterocycles. The number of nitrogens with zero attached hydrogens (tertiary/aromatic N) is 2. The highest BCUT2D eigenvalue weighted by Crippen LogP contribution is 2.26. The van der Waals surface area contributed by atoms with Crippen LogP contribution < -0.4 is 0 Å². The van der Waals surface area contributed by atoms with E-state index in [-0.39, 0.29) is 30.2 Å². The van der Waals surface area contributed by atoms with E-state index >= 15 is 0 Å². The van der Waals surface area contributed by atoms with Crippen LogP contribution >= 0.6 is 11.8 Å². The topological polar surface area (TPSA) is 77.9 Å². The van der Waals surface area contributed by atoms with Gasteiger partial charge in [-0.3, -0.25) is 14.4 Å². The second-order valence-corrected chi connectivity index (χ2v) is 8.46. The van der Waals surface area contributed by atoms with Crippen LogP contribution in [0, 0.1) is 12.8 Å². The Morgan fingerprint density at radius 1 is 1.19 bits per heavy atom. The van der Waals surface area contributed by atoms with Crippen LogP contribution in [0.15, 0.2) is 24.3 Å². The number of benzene rings is 1. The normalized spacial score (nSPS) is 23.1. The molecule has 1 aromatic carbocycles. The highest BCUT2D eigenvalue weighted by Gasteiger charge is 2.36. The van der Waals surface area contributed by atoms with Crippen LogP contribution in [-0.4, -0.2) is 69.9 Å². The second-order valence-electron chi connectivity index (χ2n) is 7.31. The van der Waals surface area contributed by atoms with Crippen molar-refractivity contribution in [3.8, 4) is 0 Å². The fraction of sp³-hybridized carbons (Fsp3) is 0.550. The van der Waals surface area contributed by atoms with Crippen molar-refractivity contribution < 1.29 is 19.5 Å². The van der Waals surface area contributed by atoms with Crippen LogP contribution in [0.1, 0.15) is 35.2 Å². The largest absolute Gasteiger partial charge is 0.481 e. The summed E-state index contributed by atoms with van der Waals surface area (Å²) in [4.78, 5) is 40.5. The minimum absolute atomic E-state index is 0.00274. The Hall–Kier alpha value is -2.02. The first-order valence-electron chi connectivity index (χ1n) is 9.41. The third-order valence-electron chi connectivity index (χ3n) is 5.28. The van der Waals surface area contributed by atoms with Gasteiger partial charge in [0.05, 0.1) is 18.4 Å². The number of thioether (sulfide) groups is 1. The van der Waals surface area contributed by atoms with Crippen LogP contribution in [0.2, 0.25) is 0 Å².